The minimum Gasteiger partial charge on any atom is -0.386 e. The zero-order valence-corrected chi connectivity index (χ0v) is 62.7. The van der Waals surface area contributed by atoms with Crippen molar-refractivity contribution in [1.82, 2.24) is 39.0 Å². The van der Waals surface area contributed by atoms with Gasteiger partial charge in [-0.15, -0.1) is 0 Å². The van der Waals surface area contributed by atoms with Gasteiger partial charge < -0.3 is 69.0 Å². The van der Waals surface area contributed by atoms with Crippen molar-refractivity contribution < 1.29 is 151 Å². The molecule has 6 heterocycles. The molecule has 0 aliphatic carbocycles. The number of ether oxygens (including phenoxy) is 2. The first kappa shape index (κ1) is 87.3. The maximum absolute atomic E-state index is 12.7. The van der Waals surface area contributed by atoms with Crippen LogP contribution in [0, 0.1) is 30.1 Å². The number of Topliss-reactive ketones (excluding diaryl/α,β-unsaturated/α-hetero) is 4. The number of nitrogens with zero attached hydrogens (tertiary/aromatic N) is 8. The monoisotopic (exact) mass is 1570 g/mol. The van der Waals surface area contributed by atoms with Gasteiger partial charge in [0.05, 0.1) is 50.5 Å². The molecular weight excluding hydrogens is 1480 g/mol. The maximum atomic E-state index is 12.7. The topological polar surface area (TPSA) is 593 Å². The maximum Gasteiger partial charge on any atom is 0.481 e. The molecule has 2 aliphatic heterocycles. The first-order chi connectivity index (χ1) is 45.6. The van der Waals surface area contributed by atoms with Crippen LogP contribution in [-0.4, -0.2) is 208 Å². The second kappa shape index (κ2) is 34.9. The normalized spacial score (nSPS) is 23.4. The molecule has 0 amide bonds. The molecule has 568 valence electrons. The minimum absolute atomic E-state index is 0.00861. The minimum atomic E-state index is -5.51. The first-order valence-corrected chi connectivity index (χ1v) is 40.5. The molecule has 100 heavy (non-hydrogen) atoms. The highest BCUT2D eigenvalue weighted by molar-refractivity contribution is 8.00. The molecule has 14 atom stereocenters. The molecule has 0 bridgehead atoms. The summed E-state index contributed by atoms with van der Waals surface area (Å²) in [5, 5.41) is 42.9. The molecule has 0 saturated carbocycles. The number of hydrogen-bond donors (Lipinski definition) is 12. The van der Waals surface area contributed by atoms with Crippen molar-refractivity contribution in [3.05, 3.63) is 36.7 Å². The second-order valence-electron chi connectivity index (χ2n) is 26.7. The Morgan fingerprint density at radius 3 is 1.25 bits per heavy atom. The third kappa shape index (κ3) is 26.6. The summed E-state index contributed by atoms with van der Waals surface area (Å²) in [7, 11) is -32.4. The smallest absolute Gasteiger partial charge is 0.386 e. The summed E-state index contributed by atoms with van der Waals surface area (Å²) in [4.78, 5) is 152. The van der Waals surface area contributed by atoms with Gasteiger partial charge in [0.25, 0.3) is 0 Å². The van der Waals surface area contributed by atoms with Crippen molar-refractivity contribution in [3.8, 4) is 0 Å². The number of rotatable bonds is 38. The lowest BCUT2D eigenvalue weighted by Gasteiger charge is -2.30. The number of carbonyl (C=O) groups excluding carboxylic acids is 4. The number of carbonyl (C=O) groups is 4. The Balaban J connectivity index is 0.000000362. The summed E-state index contributed by atoms with van der Waals surface area (Å²) >= 11 is 1.75. The van der Waals surface area contributed by atoms with Gasteiger partial charge in [0, 0.05) is 53.1 Å². The number of imidazole rings is 2. The Morgan fingerprint density at radius 2 is 0.890 bits per heavy atom. The van der Waals surface area contributed by atoms with Gasteiger partial charge in [0.1, 0.15) is 84.1 Å². The van der Waals surface area contributed by atoms with Crippen LogP contribution >= 0.6 is 58.7 Å². The molecule has 0 aromatic carbocycles. The fourth-order valence-electron chi connectivity index (χ4n) is 9.57. The van der Waals surface area contributed by atoms with Gasteiger partial charge in [-0.25, -0.2) is 57.3 Å². The predicted octanol–water partition coefficient (Wildman–Crippen LogP) is 4.99. The number of thioether (sulfide) groups is 1. The van der Waals surface area contributed by atoms with Crippen molar-refractivity contribution in [1.29, 1.82) is 0 Å². The van der Waals surface area contributed by atoms with E-state index in [4.69, 9.17) is 27.6 Å². The van der Waals surface area contributed by atoms with Crippen LogP contribution in [0.2, 0.25) is 0 Å². The largest absolute Gasteiger partial charge is 0.481 e. The van der Waals surface area contributed by atoms with Gasteiger partial charge in [-0.05, 0) is 38.9 Å². The zero-order valence-electron chi connectivity index (χ0n) is 56.5. The fraction of sp³-hybridized carbons (Fsp3) is 0.736. The lowest BCUT2D eigenvalue weighted by molar-refractivity contribution is -0.135. The lowest BCUT2D eigenvalue weighted by atomic mass is 9.83. The predicted molar refractivity (Wildman–Crippen MR) is 347 cm³/mol. The summed E-state index contributed by atoms with van der Waals surface area (Å²) in [5.74, 6) is -0.563. The van der Waals surface area contributed by atoms with E-state index < -0.39 is 162 Å². The Hall–Kier alpha value is -3.37. The van der Waals surface area contributed by atoms with Crippen LogP contribution in [0.5, 0.6) is 0 Å². The van der Waals surface area contributed by atoms with Crippen molar-refractivity contribution in [2.45, 2.75) is 200 Å². The van der Waals surface area contributed by atoms with Gasteiger partial charge >= 0.3 is 46.9 Å². The molecule has 6 rings (SSSR count). The molecule has 4 aromatic rings. The summed E-state index contributed by atoms with van der Waals surface area (Å²) in [5.41, 5.74) is -1.67. The molecular formula is C53H88N8O32P6S. The average molecular weight is 1570 g/mol. The quantitative estimate of drug-likeness (QED) is 0.0208. The molecule has 14 unspecified atom stereocenters. The third-order valence-corrected chi connectivity index (χ3v) is 22.5. The van der Waals surface area contributed by atoms with Gasteiger partial charge in [0.15, 0.2) is 35.3 Å². The van der Waals surface area contributed by atoms with E-state index in [1.54, 1.807) is 46.4 Å². The highest BCUT2D eigenvalue weighted by atomic mass is 32.2. The molecule has 4 aromatic heterocycles. The van der Waals surface area contributed by atoms with Crippen molar-refractivity contribution in [3.63, 3.8) is 0 Å². The van der Waals surface area contributed by atoms with Crippen molar-refractivity contribution >= 4 is 104 Å². The Labute approximate surface area is 577 Å². The van der Waals surface area contributed by atoms with Gasteiger partial charge in [-0.1, -0.05) is 69.2 Å². The molecule has 0 spiro atoms. The Morgan fingerprint density at radius 1 is 0.530 bits per heavy atom. The van der Waals surface area contributed by atoms with Crippen LogP contribution in [0.4, 0.5) is 0 Å². The van der Waals surface area contributed by atoms with E-state index in [1.165, 1.54) is 62.1 Å². The van der Waals surface area contributed by atoms with E-state index in [0.717, 1.165) is 5.75 Å². The van der Waals surface area contributed by atoms with Crippen LogP contribution in [-0.2, 0) is 91.8 Å². The molecule has 40 nitrogen and oxygen atoms in total. The number of ketones is 4. The van der Waals surface area contributed by atoms with Crippen LogP contribution in [0.1, 0.15) is 144 Å². The van der Waals surface area contributed by atoms with Crippen LogP contribution < -0.4 is 0 Å². The molecule has 0 radical (unpaired) electrons. The molecule has 2 aliphatic rings. The first-order valence-electron chi connectivity index (χ1n) is 30.5. The fourth-order valence-corrected chi connectivity index (χ4v) is 16.1. The van der Waals surface area contributed by atoms with E-state index in [9.17, 15) is 106 Å². The standard InChI is InChI=1S/C28H47N4O16P3S.C25H41N4O16P3/c1-17-21-25(30-15-29-17)32(16-31-21)26-22(35)23(47-49(37,38)39)20(46-26)13-44-50(40,41)48-51(42,43)45-14-28(5,6)24(36)19(34)11-7-9-18(33)10-8-12-52-27(2,3)4;1-14-18-22(27-12-26-14)29(13-28-18)23-19(32)20(44-46(34,35)36)16(43-23)10-41-47(37,38)45-48(39,40)42-11-25(5,6)21(33)15(30)8-7-9-17(31)24(2,3)4/h15-16,20,22-24,26,35-36H,7-14H2,1-6H3,(H,40,41)(H,42,43)(H2,37,38,39);12-13,16,19-21,23,32-33H,7-11H2,1-6H3,(H,37,38)(H,39,40)(H2,34,35,36). The summed E-state index contributed by atoms with van der Waals surface area (Å²) in [6, 6.07) is 0. The highest BCUT2D eigenvalue weighted by Crippen LogP contribution is 2.63. The van der Waals surface area contributed by atoms with Gasteiger partial charge in [-0.2, -0.15) is 20.4 Å². The van der Waals surface area contributed by atoms with Gasteiger partial charge in [-0.3, -0.25) is 55.5 Å². The highest BCUT2D eigenvalue weighted by Gasteiger charge is 2.52. The zero-order chi connectivity index (χ0) is 75.7. The average Bonchev–Trinajstić information content (AvgIpc) is 1.62. The number of aliphatic hydroxyl groups excluding tert-OH is 4. The third-order valence-electron chi connectivity index (χ3n) is 15.0. The number of phosphoric acid groups is 6. The number of hydrogen-bond acceptors (Lipinski definition) is 31. The summed E-state index contributed by atoms with van der Waals surface area (Å²) in [6.07, 6.45) is -10.8. The SMILES string of the molecule is Cc1ncnc2c1ncn2C1OC(COP(=O)(O)OP(=O)(O)OCC(C)(C)C(O)C(=O)CCCC(=O)C(C)(C)C)C(OP(=O)(O)O)C1O.Cc1ncnc2c1ncn2C1OC(COP(=O)(O)OP(=O)(O)OCC(C)(C)C(O)C(=O)CCCC(=O)CCCSC(C)(C)C)C(OP(=O)(O)O)C1O. The number of aromatic nitrogens is 8. The van der Waals surface area contributed by atoms with E-state index >= 15 is 0 Å². The van der Waals surface area contributed by atoms with Crippen molar-refractivity contribution in [2.24, 2.45) is 16.2 Å². The van der Waals surface area contributed by atoms with E-state index in [0.29, 0.717) is 35.3 Å². The number of aryl methyl sites for hydroxylation is 2. The summed E-state index contributed by atoms with van der Waals surface area (Å²) < 4.78 is 125. The van der Waals surface area contributed by atoms with E-state index in [-0.39, 0.29) is 66.1 Å². The van der Waals surface area contributed by atoms with E-state index in [2.05, 4.69) is 68.3 Å². The Bertz CT molecular complexity index is 3800. The van der Waals surface area contributed by atoms with Crippen molar-refractivity contribution in [2.75, 3.05) is 32.2 Å². The number of aliphatic hydroxyl groups is 4. The van der Waals surface area contributed by atoms with Crippen LogP contribution in [0.3, 0.4) is 0 Å². The van der Waals surface area contributed by atoms with E-state index in [1.807, 2.05) is 0 Å². The number of fused-ring (bicyclic) bond motifs is 2. The number of phosphoric ester groups is 6. The van der Waals surface area contributed by atoms with Crippen LogP contribution in [0.25, 0.3) is 22.3 Å². The van der Waals surface area contributed by atoms with Gasteiger partial charge in [0.2, 0.25) is 0 Å². The molecule has 12 N–H and O–H groups in total. The van der Waals surface area contributed by atoms with Crippen LogP contribution in [0.15, 0.2) is 25.3 Å². The molecule has 2 fully saturated rings. The molecule has 47 heteroatoms. The summed E-state index contributed by atoms with van der Waals surface area (Å²) in [6.45, 7) is 16.3. The Kier molecular flexibility index (Phi) is 30.5. The molecule has 2 saturated heterocycles. The second-order valence-corrected chi connectivity index (χ2v) is 37.1. The lowest BCUT2D eigenvalue weighted by Crippen LogP contribution is -2.39.